The molecule has 8 nitrogen and oxygen atoms in total. The lowest BCUT2D eigenvalue weighted by Gasteiger charge is -2.19. The Hall–Kier alpha value is -4.92. The van der Waals surface area contributed by atoms with E-state index < -0.39 is 17.5 Å². The number of fused-ring (bicyclic) bond motifs is 1. The number of aromatic nitrogens is 3. The number of amides is 1. The second-order valence-electron chi connectivity index (χ2n) is 9.92. The van der Waals surface area contributed by atoms with Crippen LogP contribution in [0, 0.1) is 5.82 Å². The van der Waals surface area contributed by atoms with Gasteiger partial charge < -0.3 is 19.0 Å². The Morgan fingerprint density at radius 3 is 2.46 bits per heavy atom. The molecule has 5 rings (SSSR count). The van der Waals surface area contributed by atoms with Crippen LogP contribution in [0.1, 0.15) is 26.3 Å². The summed E-state index contributed by atoms with van der Waals surface area (Å²) in [5.41, 5.74) is 2.98. The molecule has 0 unspecified atom stereocenters. The van der Waals surface area contributed by atoms with Crippen molar-refractivity contribution in [2.24, 2.45) is 0 Å². The first-order chi connectivity index (χ1) is 18.7. The highest BCUT2D eigenvalue weighted by Gasteiger charge is 2.19. The molecule has 3 aromatic carbocycles. The average Bonchev–Trinajstić information content (AvgIpc) is 3.29. The van der Waals surface area contributed by atoms with Gasteiger partial charge in [-0.1, -0.05) is 42.5 Å². The van der Waals surface area contributed by atoms with Crippen molar-refractivity contribution < 1.29 is 18.7 Å². The highest BCUT2D eigenvalue weighted by molar-refractivity contribution is 5.88. The van der Waals surface area contributed by atoms with Crippen LogP contribution in [0.4, 0.5) is 14.9 Å². The Morgan fingerprint density at radius 2 is 1.77 bits per heavy atom. The van der Waals surface area contributed by atoms with Crippen molar-refractivity contribution >= 4 is 22.8 Å². The van der Waals surface area contributed by atoms with Crippen molar-refractivity contribution in [3.05, 3.63) is 107 Å². The number of hydrogen-bond acceptors (Lipinski definition) is 5. The van der Waals surface area contributed by atoms with Crippen molar-refractivity contribution in [2.45, 2.75) is 33.0 Å². The van der Waals surface area contributed by atoms with E-state index in [1.165, 1.54) is 12.4 Å². The number of anilines is 1. The van der Waals surface area contributed by atoms with E-state index in [1.807, 2.05) is 30.3 Å². The zero-order valence-electron chi connectivity index (χ0n) is 21.7. The van der Waals surface area contributed by atoms with Gasteiger partial charge in [-0.05, 0) is 62.2 Å². The van der Waals surface area contributed by atoms with Gasteiger partial charge in [0.15, 0.2) is 11.6 Å². The van der Waals surface area contributed by atoms with E-state index in [0.717, 1.165) is 11.1 Å². The third-order valence-corrected chi connectivity index (χ3v) is 5.83. The molecule has 0 radical (unpaired) electrons. The summed E-state index contributed by atoms with van der Waals surface area (Å²) in [6, 6.07) is 22.8. The van der Waals surface area contributed by atoms with Crippen LogP contribution in [-0.4, -0.2) is 26.2 Å². The van der Waals surface area contributed by atoms with E-state index in [4.69, 9.17) is 9.47 Å². The van der Waals surface area contributed by atoms with Crippen molar-refractivity contribution in [3.8, 4) is 22.7 Å². The fraction of sp³-hybridized carbons (Fsp3) is 0.167. The molecule has 0 aliphatic carbocycles. The number of rotatable bonds is 6. The molecule has 2 aromatic heterocycles. The highest BCUT2D eigenvalue weighted by Crippen LogP contribution is 2.32. The monoisotopic (exact) mass is 526 g/mol. The Morgan fingerprint density at radius 1 is 1.03 bits per heavy atom. The third-order valence-electron chi connectivity index (χ3n) is 5.83. The molecule has 0 atom stereocenters. The molecule has 0 aliphatic rings. The van der Waals surface area contributed by atoms with Crippen LogP contribution in [-0.2, 0) is 11.3 Å². The van der Waals surface area contributed by atoms with Gasteiger partial charge in [-0.25, -0.2) is 14.2 Å². The fourth-order valence-corrected chi connectivity index (χ4v) is 4.15. The number of ether oxygens (including phenoxy) is 2. The fourth-order valence-electron chi connectivity index (χ4n) is 4.15. The van der Waals surface area contributed by atoms with Crippen LogP contribution in [0.2, 0.25) is 0 Å². The first-order valence-electron chi connectivity index (χ1n) is 12.3. The minimum atomic E-state index is -0.623. The van der Waals surface area contributed by atoms with Crippen LogP contribution in [0.3, 0.4) is 0 Å². The van der Waals surface area contributed by atoms with E-state index in [-0.39, 0.29) is 23.4 Å². The molecule has 5 aromatic rings. The summed E-state index contributed by atoms with van der Waals surface area (Å²) < 4.78 is 27.8. The average molecular weight is 527 g/mol. The van der Waals surface area contributed by atoms with E-state index in [2.05, 4.69) is 15.3 Å². The Labute approximate surface area is 224 Å². The molecule has 9 heteroatoms. The Bertz CT molecular complexity index is 1690. The number of carbonyl (C=O) groups is 1. The number of carbonyl (C=O) groups excluding carboxylic acids is 1. The SMILES string of the molecule is CC(C)(C)OC(=O)Nc1ccc(-c2cc3nc[nH]c(=O)c3n2-c2ccc(OCc3ccccc3)c(F)c2)cc1. The molecule has 1 amide bonds. The zero-order valence-corrected chi connectivity index (χ0v) is 21.7. The molecule has 39 heavy (non-hydrogen) atoms. The standard InChI is InChI=1S/C30H27FN4O4/c1-30(2,3)39-29(37)34-21-11-9-20(10-12-21)25-16-24-27(28(36)33-18-32-24)35(25)22-13-14-26(23(31)15-22)38-17-19-7-5-4-6-8-19/h4-16,18H,17H2,1-3H3,(H,34,37)(H,32,33,36). The normalized spacial score (nSPS) is 11.4. The second kappa shape index (κ2) is 10.4. The van der Waals surface area contributed by atoms with Crippen LogP contribution >= 0.6 is 0 Å². The van der Waals surface area contributed by atoms with Gasteiger partial charge in [-0.2, -0.15) is 0 Å². The van der Waals surface area contributed by atoms with Gasteiger partial charge in [0.1, 0.15) is 17.7 Å². The smallest absolute Gasteiger partial charge is 0.412 e. The van der Waals surface area contributed by atoms with Gasteiger partial charge in [-0.15, -0.1) is 0 Å². The maximum atomic E-state index is 15.2. The predicted molar refractivity (Wildman–Crippen MR) is 148 cm³/mol. The summed E-state index contributed by atoms with van der Waals surface area (Å²) >= 11 is 0. The molecular formula is C30H27FN4O4. The Kier molecular flexibility index (Phi) is 6.89. The molecule has 0 aliphatic heterocycles. The summed E-state index contributed by atoms with van der Waals surface area (Å²) in [6.45, 7) is 5.58. The van der Waals surface area contributed by atoms with E-state index >= 15 is 4.39 Å². The largest absolute Gasteiger partial charge is 0.486 e. The van der Waals surface area contributed by atoms with Crippen LogP contribution in [0.25, 0.3) is 28.0 Å². The summed E-state index contributed by atoms with van der Waals surface area (Å²) in [5, 5.41) is 2.70. The molecule has 0 saturated carbocycles. The molecule has 198 valence electrons. The number of benzene rings is 3. The van der Waals surface area contributed by atoms with Gasteiger partial charge in [0, 0.05) is 17.4 Å². The van der Waals surface area contributed by atoms with E-state index in [0.29, 0.717) is 22.6 Å². The van der Waals surface area contributed by atoms with Crippen LogP contribution in [0.5, 0.6) is 5.75 Å². The van der Waals surface area contributed by atoms with Crippen LogP contribution in [0.15, 0.2) is 90.0 Å². The van der Waals surface area contributed by atoms with Gasteiger partial charge in [0.25, 0.3) is 5.56 Å². The number of nitrogens with zero attached hydrogens (tertiary/aromatic N) is 2. The number of hydrogen-bond donors (Lipinski definition) is 2. The Balaban J connectivity index is 1.48. The minimum Gasteiger partial charge on any atom is -0.486 e. The van der Waals surface area contributed by atoms with Crippen LogP contribution < -0.4 is 15.6 Å². The van der Waals surface area contributed by atoms with Crippen molar-refractivity contribution in [3.63, 3.8) is 0 Å². The molecule has 0 saturated heterocycles. The van der Waals surface area contributed by atoms with Gasteiger partial charge in [-0.3, -0.25) is 10.1 Å². The van der Waals surface area contributed by atoms with Crippen molar-refractivity contribution in [1.29, 1.82) is 0 Å². The molecular weight excluding hydrogens is 499 g/mol. The summed E-state index contributed by atoms with van der Waals surface area (Å²) in [4.78, 5) is 31.9. The lowest BCUT2D eigenvalue weighted by atomic mass is 10.1. The number of aromatic amines is 1. The topological polar surface area (TPSA) is 98.2 Å². The van der Waals surface area contributed by atoms with E-state index in [1.54, 1.807) is 67.8 Å². The molecule has 2 N–H and O–H groups in total. The summed E-state index contributed by atoms with van der Waals surface area (Å²) in [6.07, 6.45) is 0.762. The predicted octanol–water partition coefficient (Wildman–Crippen LogP) is 6.45. The van der Waals surface area contributed by atoms with Gasteiger partial charge in [0.05, 0.1) is 17.5 Å². The van der Waals surface area contributed by atoms with Gasteiger partial charge in [0.2, 0.25) is 0 Å². The summed E-state index contributed by atoms with van der Waals surface area (Å²) in [5.74, 6) is -0.460. The van der Waals surface area contributed by atoms with E-state index in [9.17, 15) is 9.59 Å². The second-order valence-corrected chi connectivity index (χ2v) is 9.92. The zero-order chi connectivity index (χ0) is 27.6. The van der Waals surface area contributed by atoms with Crippen molar-refractivity contribution in [1.82, 2.24) is 14.5 Å². The highest BCUT2D eigenvalue weighted by atomic mass is 19.1. The first-order valence-corrected chi connectivity index (χ1v) is 12.3. The molecule has 0 bridgehead atoms. The molecule has 0 spiro atoms. The van der Waals surface area contributed by atoms with Crippen molar-refractivity contribution in [2.75, 3.05) is 5.32 Å². The maximum Gasteiger partial charge on any atom is 0.412 e. The lowest BCUT2D eigenvalue weighted by Crippen LogP contribution is -2.27. The molecule has 2 heterocycles. The maximum absolute atomic E-state index is 15.2. The number of H-pyrrole nitrogens is 1. The summed E-state index contributed by atoms with van der Waals surface area (Å²) in [7, 11) is 0. The first kappa shape index (κ1) is 25.7. The molecule has 0 fully saturated rings. The number of nitrogens with one attached hydrogen (secondary N) is 2. The quantitative estimate of drug-likeness (QED) is 0.265. The van der Waals surface area contributed by atoms with Gasteiger partial charge >= 0.3 is 6.09 Å². The third kappa shape index (κ3) is 5.82. The lowest BCUT2D eigenvalue weighted by molar-refractivity contribution is 0.0636. The number of halogens is 1. The minimum absolute atomic E-state index is 0.102.